The Morgan fingerprint density at radius 3 is 2.11 bits per heavy atom. The maximum Gasteiger partial charge on any atom is 0.276 e. The Labute approximate surface area is 168 Å². The number of likely N-dealkylation sites (N-methyl/N-ethyl adjacent to an activating group) is 1. The Hall–Kier alpha value is -2.38. The second kappa shape index (κ2) is 10.2. The van der Waals surface area contributed by atoms with Crippen molar-refractivity contribution in [1.82, 2.24) is 14.6 Å². The zero-order valence-electron chi connectivity index (χ0n) is 17.1. The van der Waals surface area contributed by atoms with Crippen molar-refractivity contribution in [1.29, 1.82) is 0 Å². The van der Waals surface area contributed by atoms with Crippen molar-refractivity contribution < 1.29 is 8.42 Å². The van der Waals surface area contributed by atoms with Gasteiger partial charge in [-0.3, -0.25) is 0 Å². The third-order valence-corrected chi connectivity index (χ3v) is 5.74. The van der Waals surface area contributed by atoms with E-state index in [0.29, 0.717) is 5.84 Å². The topological polar surface area (TPSA) is 65.0 Å². The summed E-state index contributed by atoms with van der Waals surface area (Å²) in [5, 5.41) is 4.34. The van der Waals surface area contributed by atoms with Gasteiger partial charge in [0.2, 0.25) is 0 Å². The van der Waals surface area contributed by atoms with Crippen LogP contribution in [0.3, 0.4) is 0 Å². The first-order valence-electron chi connectivity index (χ1n) is 9.61. The molecular weight excluding hydrogens is 372 g/mol. The number of nitrogens with zero attached hydrogens (tertiary/aromatic N) is 3. The number of hydrogen-bond donors (Lipinski definition) is 1. The second-order valence-electron chi connectivity index (χ2n) is 6.45. The fourth-order valence-corrected chi connectivity index (χ4v) is 3.73. The van der Waals surface area contributed by atoms with Gasteiger partial charge in [-0.15, -0.1) is 5.10 Å². The molecule has 6 nitrogen and oxygen atoms in total. The van der Waals surface area contributed by atoms with E-state index in [1.54, 1.807) is 30.3 Å². The summed E-state index contributed by atoms with van der Waals surface area (Å²) in [6.07, 6.45) is 0. The number of amidine groups is 1. The van der Waals surface area contributed by atoms with Gasteiger partial charge in [0.1, 0.15) is 0 Å². The van der Waals surface area contributed by atoms with E-state index in [1.807, 2.05) is 45.0 Å². The molecule has 1 aliphatic heterocycles. The molecule has 1 fully saturated rings. The number of hydrogen-bond acceptors (Lipinski definition) is 4. The van der Waals surface area contributed by atoms with Crippen molar-refractivity contribution in [3.63, 3.8) is 0 Å². The van der Waals surface area contributed by atoms with Crippen LogP contribution in [0.4, 0.5) is 0 Å². The van der Waals surface area contributed by atoms with Crippen molar-refractivity contribution >= 4 is 15.9 Å². The zero-order valence-corrected chi connectivity index (χ0v) is 17.9. The average Bonchev–Trinajstić information content (AvgIpc) is 2.73. The van der Waals surface area contributed by atoms with Gasteiger partial charge in [0.25, 0.3) is 10.0 Å². The van der Waals surface area contributed by atoms with E-state index in [0.717, 1.165) is 37.3 Å². The molecule has 0 atom stereocenters. The minimum absolute atomic E-state index is 0.200. The molecule has 0 radical (unpaired) electrons. The molecule has 2 aromatic carbocycles. The van der Waals surface area contributed by atoms with Gasteiger partial charge in [0.05, 0.1) is 4.90 Å². The molecule has 28 heavy (non-hydrogen) atoms. The van der Waals surface area contributed by atoms with Gasteiger partial charge in [-0.05, 0) is 31.7 Å². The first kappa shape index (κ1) is 21.9. The molecule has 0 saturated carbocycles. The first-order chi connectivity index (χ1) is 13.5. The Morgan fingerprint density at radius 2 is 1.50 bits per heavy atom. The Morgan fingerprint density at radius 1 is 0.929 bits per heavy atom. The molecule has 1 N–H and O–H groups in total. The molecule has 7 heteroatoms. The predicted octanol–water partition coefficient (Wildman–Crippen LogP) is 2.91. The number of aryl methyl sites for hydroxylation is 1. The smallest absolute Gasteiger partial charge is 0.276 e. The predicted molar refractivity (Wildman–Crippen MR) is 115 cm³/mol. The average molecular weight is 403 g/mol. The van der Waals surface area contributed by atoms with Gasteiger partial charge in [0.15, 0.2) is 5.84 Å². The van der Waals surface area contributed by atoms with E-state index >= 15 is 0 Å². The van der Waals surface area contributed by atoms with E-state index in [4.69, 9.17) is 0 Å². The number of hydrazone groups is 1. The highest BCUT2D eigenvalue weighted by Crippen LogP contribution is 2.14. The SMILES string of the molecule is CC.Cc1ccccc1/C(=N/NS(=O)(=O)c1ccccc1)N1CCN(C)CC1. The van der Waals surface area contributed by atoms with Crippen LogP contribution in [0.2, 0.25) is 0 Å². The summed E-state index contributed by atoms with van der Waals surface area (Å²) in [4.78, 5) is 7.00. The van der Waals surface area contributed by atoms with Crippen LogP contribution in [0.1, 0.15) is 25.0 Å². The molecule has 3 rings (SSSR count). The largest absolute Gasteiger partial charge is 0.352 e. The van der Waals surface area contributed by atoms with Crippen LogP contribution >= 0.6 is 0 Å². The second-order valence-corrected chi connectivity index (χ2v) is 8.11. The van der Waals surface area contributed by atoms with Crippen LogP contribution in [-0.2, 0) is 10.0 Å². The summed E-state index contributed by atoms with van der Waals surface area (Å²) in [7, 11) is -1.62. The highest BCUT2D eigenvalue weighted by Gasteiger charge is 2.21. The van der Waals surface area contributed by atoms with Crippen LogP contribution in [0.25, 0.3) is 0 Å². The highest BCUT2D eigenvalue weighted by molar-refractivity contribution is 7.89. The fraction of sp³-hybridized carbons (Fsp3) is 0.381. The summed E-state index contributed by atoms with van der Waals surface area (Å²) >= 11 is 0. The van der Waals surface area contributed by atoms with Crippen LogP contribution in [0, 0.1) is 6.92 Å². The first-order valence-corrected chi connectivity index (χ1v) is 11.1. The summed E-state index contributed by atoms with van der Waals surface area (Å²) in [6.45, 7) is 9.44. The van der Waals surface area contributed by atoms with E-state index in [2.05, 4.69) is 26.8 Å². The van der Waals surface area contributed by atoms with Gasteiger partial charge in [-0.1, -0.05) is 56.3 Å². The summed E-state index contributed by atoms with van der Waals surface area (Å²) < 4.78 is 25.1. The molecule has 0 aromatic heterocycles. The normalized spacial score (nSPS) is 15.6. The number of rotatable bonds is 4. The van der Waals surface area contributed by atoms with Crippen molar-refractivity contribution in [2.45, 2.75) is 25.7 Å². The van der Waals surface area contributed by atoms with Gasteiger partial charge in [-0.2, -0.15) is 13.2 Å². The molecule has 2 aromatic rings. The van der Waals surface area contributed by atoms with Crippen molar-refractivity contribution in [2.75, 3.05) is 33.2 Å². The lowest BCUT2D eigenvalue weighted by atomic mass is 10.1. The van der Waals surface area contributed by atoms with Crippen LogP contribution in [0.5, 0.6) is 0 Å². The Kier molecular flexibility index (Phi) is 8.02. The van der Waals surface area contributed by atoms with Crippen molar-refractivity contribution in [3.8, 4) is 0 Å². The molecular formula is C21H30N4O2S. The molecule has 152 valence electrons. The van der Waals surface area contributed by atoms with E-state index in [-0.39, 0.29) is 4.90 Å². The van der Waals surface area contributed by atoms with E-state index in [1.165, 1.54) is 0 Å². The van der Waals surface area contributed by atoms with Crippen molar-refractivity contribution in [3.05, 3.63) is 65.7 Å². The van der Waals surface area contributed by atoms with Gasteiger partial charge >= 0.3 is 0 Å². The summed E-state index contributed by atoms with van der Waals surface area (Å²) in [5.41, 5.74) is 2.00. The number of sulfonamides is 1. The molecule has 0 aliphatic carbocycles. The highest BCUT2D eigenvalue weighted by atomic mass is 32.2. The maximum atomic E-state index is 12.5. The van der Waals surface area contributed by atoms with Gasteiger partial charge < -0.3 is 9.80 Å². The molecule has 1 aliphatic rings. The molecule has 0 spiro atoms. The molecule has 1 heterocycles. The lowest BCUT2D eigenvalue weighted by molar-refractivity contribution is 0.215. The fourth-order valence-electron chi connectivity index (χ4n) is 2.90. The Balaban J connectivity index is 0.00000136. The van der Waals surface area contributed by atoms with Crippen LogP contribution < -0.4 is 4.83 Å². The molecule has 1 saturated heterocycles. The zero-order chi connectivity index (χ0) is 20.6. The van der Waals surface area contributed by atoms with E-state index in [9.17, 15) is 8.42 Å². The standard InChI is InChI=1S/C19H24N4O2S.C2H6/c1-16-8-6-7-11-18(16)19(23-14-12-22(2)13-15-23)20-21-26(24,25)17-9-4-3-5-10-17;1-2/h3-11,21H,12-15H2,1-2H3;1-2H3/b20-19-;. The summed E-state index contributed by atoms with van der Waals surface area (Å²) in [5.74, 6) is 0.663. The van der Waals surface area contributed by atoms with Crippen LogP contribution in [-0.4, -0.2) is 57.3 Å². The quantitative estimate of drug-likeness (QED) is 0.485. The minimum Gasteiger partial charge on any atom is -0.352 e. The lowest BCUT2D eigenvalue weighted by Crippen LogP contribution is -2.48. The number of nitrogens with one attached hydrogen (secondary N) is 1. The third kappa shape index (κ3) is 5.56. The third-order valence-electron chi connectivity index (χ3n) is 4.51. The van der Waals surface area contributed by atoms with Crippen molar-refractivity contribution in [2.24, 2.45) is 5.10 Å². The lowest BCUT2D eigenvalue weighted by Gasteiger charge is -2.34. The molecule has 0 bridgehead atoms. The monoisotopic (exact) mass is 402 g/mol. The number of piperazine rings is 1. The Bertz CT molecular complexity index is 874. The maximum absolute atomic E-state index is 12.5. The minimum atomic E-state index is -3.70. The van der Waals surface area contributed by atoms with E-state index < -0.39 is 10.0 Å². The summed E-state index contributed by atoms with van der Waals surface area (Å²) in [6, 6.07) is 16.2. The molecule has 0 amide bonds. The van der Waals surface area contributed by atoms with Gasteiger partial charge in [0, 0.05) is 31.7 Å². The van der Waals surface area contributed by atoms with Gasteiger partial charge in [-0.25, -0.2) is 0 Å². The molecule has 0 unspecified atom stereocenters. The van der Waals surface area contributed by atoms with Crippen LogP contribution in [0.15, 0.2) is 64.6 Å². The number of benzene rings is 2.